The molecule has 3 rings (SSSR count). The number of benzene rings is 3. The number of halogens is 2. The summed E-state index contributed by atoms with van der Waals surface area (Å²) in [4.78, 5) is 0.940. The van der Waals surface area contributed by atoms with Gasteiger partial charge in [0.05, 0.1) is 0 Å². The Morgan fingerprint density at radius 1 is 0.720 bits per heavy atom. The summed E-state index contributed by atoms with van der Waals surface area (Å²) < 4.78 is 26.5. The fourth-order valence-corrected chi connectivity index (χ4v) is 2.95. The fourth-order valence-electron chi connectivity index (χ4n) is 2.34. The van der Waals surface area contributed by atoms with Gasteiger partial charge >= 0.3 is 0 Å². The van der Waals surface area contributed by atoms with E-state index in [1.807, 2.05) is 30.3 Å². The van der Waals surface area contributed by atoms with Crippen LogP contribution in [0.2, 0.25) is 0 Å². The van der Waals surface area contributed by atoms with Crippen LogP contribution in [0.15, 0.2) is 83.8 Å². The van der Waals surface area contributed by atoms with Crippen molar-refractivity contribution in [1.82, 2.24) is 0 Å². The first kappa shape index (κ1) is 17.2. The van der Waals surface area contributed by atoms with Crippen LogP contribution in [0.5, 0.6) is 0 Å². The fraction of sp³-hybridized carbons (Fsp3) is 0.0476. The molecule has 3 aromatic rings. The minimum absolute atomic E-state index is 0.406. The van der Waals surface area contributed by atoms with Crippen LogP contribution in [-0.2, 0) is 5.60 Å². The second-order valence-electron chi connectivity index (χ2n) is 5.37. The molecule has 25 heavy (non-hydrogen) atoms. The maximum Gasteiger partial charge on any atom is 0.177 e. The molecule has 124 valence electrons. The monoisotopic (exact) mass is 352 g/mol. The summed E-state index contributed by atoms with van der Waals surface area (Å²) in [5.41, 5.74) is -0.827. The van der Waals surface area contributed by atoms with Crippen LogP contribution in [0, 0.1) is 22.8 Å². The first-order valence-corrected chi connectivity index (χ1v) is 8.38. The third-order valence-corrected chi connectivity index (χ3v) is 4.38. The number of thioether (sulfide) groups is 1. The number of rotatable bonds is 3. The molecule has 0 amide bonds. The normalized spacial score (nSPS) is 10.8. The summed E-state index contributed by atoms with van der Waals surface area (Å²) in [5.74, 6) is 2.03. The van der Waals surface area contributed by atoms with Gasteiger partial charge in [-0.25, -0.2) is 8.78 Å². The number of hydrogen-bond acceptors (Lipinski definition) is 2. The lowest BCUT2D eigenvalue weighted by atomic mass is 9.87. The molecule has 0 heterocycles. The zero-order chi connectivity index (χ0) is 17.7. The van der Waals surface area contributed by atoms with E-state index >= 15 is 0 Å². The van der Waals surface area contributed by atoms with Crippen LogP contribution in [0.4, 0.5) is 8.78 Å². The second-order valence-corrected chi connectivity index (χ2v) is 6.25. The van der Waals surface area contributed by atoms with Crippen LogP contribution in [0.1, 0.15) is 11.1 Å². The molecule has 0 saturated heterocycles. The Hall–Kier alpha value is -2.61. The molecule has 0 aliphatic heterocycles. The molecule has 0 spiro atoms. The lowest BCUT2D eigenvalue weighted by molar-refractivity contribution is 0.145. The predicted molar refractivity (Wildman–Crippen MR) is 95.9 cm³/mol. The Morgan fingerprint density at radius 3 is 1.68 bits per heavy atom. The Bertz CT molecular complexity index is 849. The van der Waals surface area contributed by atoms with E-state index in [2.05, 4.69) is 11.2 Å². The van der Waals surface area contributed by atoms with E-state index in [1.165, 1.54) is 60.3 Å². The molecule has 4 heteroatoms. The van der Waals surface area contributed by atoms with Crippen LogP contribution in [0.3, 0.4) is 0 Å². The Kier molecular flexibility index (Phi) is 5.18. The third-order valence-electron chi connectivity index (χ3n) is 3.67. The average molecular weight is 352 g/mol. The number of aliphatic hydroxyl groups is 1. The highest BCUT2D eigenvalue weighted by Crippen LogP contribution is 2.30. The number of hydrogen-bond donors (Lipinski definition) is 1. The van der Waals surface area contributed by atoms with Crippen molar-refractivity contribution in [2.24, 2.45) is 0 Å². The third kappa shape index (κ3) is 4.08. The molecule has 0 aliphatic rings. The molecule has 0 atom stereocenters. The van der Waals surface area contributed by atoms with Crippen molar-refractivity contribution in [2.45, 2.75) is 10.5 Å². The van der Waals surface area contributed by atoms with E-state index in [9.17, 15) is 13.9 Å². The lowest BCUT2D eigenvalue weighted by Gasteiger charge is -2.23. The van der Waals surface area contributed by atoms with Gasteiger partial charge in [0.1, 0.15) is 11.6 Å². The molecule has 1 N–H and O–H groups in total. The van der Waals surface area contributed by atoms with Gasteiger partial charge in [0.15, 0.2) is 5.60 Å². The largest absolute Gasteiger partial charge is 0.369 e. The summed E-state index contributed by atoms with van der Waals surface area (Å²) in [6.07, 6.45) is 0. The molecular weight excluding hydrogens is 338 g/mol. The highest BCUT2D eigenvalue weighted by molar-refractivity contribution is 8.03. The molecule has 0 aliphatic carbocycles. The van der Waals surface area contributed by atoms with Gasteiger partial charge in [0.2, 0.25) is 0 Å². The van der Waals surface area contributed by atoms with Gasteiger partial charge in [-0.05, 0) is 59.3 Å². The van der Waals surface area contributed by atoms with Gasteiger partial charge in [-0.2, -0.15) is 0 Å². The topological polar surface area (TPSA) is 20.2 Å². The van der Waals surface area contributed by atoms with Gasteiger partial charge < -0.3 is 5.11 Å². The second kappa shape index (κ2) is 7.52. The van der Waals surface area contributed by atoms with E-state index in [0.717, 1.165) is 4.90 Å². The molecule has 0 aromatic heterocycles. The van der Waals surface area contributed by atoms with Crippen LogP contribution in [-0.4, -0.2) is 5.11 Å². The Labute approximate surface area is 149 Å². The van der Waals surface area contributed by atoms with Gasteiger partial charge in [-0.1, -0.05) is 42.5 Å². The first-order chi connectivity index (χ1) is 12.1. The summed E-state index contributed by atoms with van der Waals surface area (Å²) in [6.45, 7) is 0. The average Bonchev–Trinajstić information content (AvgIpc) is 2.63. The Balaban J connectivity index is 2.00. The standard InChI is InChI=1S/C21H14F2OS/c22-18-10-6-16(7-11-18)21(24,17-8-12-19(23)13-9-17)14-15-25-20-4-2-1-3-5-20/h1-13,24H. The van der Waals surface area contributed by atoms with Crippen molar-refractivity contribution < 1.29 is 13.9 Å². The maximum absolute atomic E-state index is 13.2. The van der Waals surface area contributed by atoms with Crippen molar-refractivity contribution >= 4 is 11.8 Å². The van der Waals surface area contributed by atoms with E-state index in [0.29, 0.717) is 11.1 Å². The molecular formula is C21H14F2OS. The van der Waals surface area contributed by atoms with Crippen LogP contribution in [0.25, 0.3) is 0 Å². The zero-order valence-corrected chi connectivity index (χ0v) is 13.9. The molecule has 3 aromatic carbocycles. The summed E-state index contributed by atoms with van der Waals surface area (Å²) in [6, 6.07) is 20.5. The first-order valence-electron chi connectivity index (χ1n) is 7.56. The summed E-state index contributed by atoms with van der Waals surface area (Å²) in [7, 11) is 0. The van der Waals surface area contributed by atoms with E-state index in [1.54, 1.807) is 0 Å². The highest BCUT2D eigenvalue weighted by Gasteiger charge is 2.29. The van der Waals surface area contributed by atoms with E-state index < -0.39 is 17.2 Å². The van der Waals surface area contributed by atoms with Crippen molar-refractivity contribution in [2.75, 3.05) is 0 Å². The molecule has 1 nitrogen and oxygen atoms in total. The van der Waals surface area contributed by atoms with Crippen LogP contribution < -0.4 is 0 Å². The predicted octanol–water partition coefficient (Wildman–Crippen LogP) is 4.95. The minimum atomic E-state index is -1.66. The van der Waals surface area contributed by atoms with Gasteiger partial charge in [-0.3, -0.25) is 0 Å². The van der Waals surface area contributed by atoms with Crippen molar-refractivity contribution in [3.05, 3.63) is 102 Å². The quantitative estimate of drug-likeness (QED) is 0.531. The Morgan fingerprint density at radius 2 is 1.20 bits per heavy atom. The molecule has 0 fully saturated rings. The summed E-state index contributed by atoms with van der Waals surface area (Å²) >= 11 is 1.27. The SMILES string of the molecule is OC(C#CSc1ccccc1)(c1ccc(F)cc1)c1ccc(F)cc1. The zero-order valence-electron chi connectivity index (χ0n) is 13.1. The summed E-state index contributed by atoms with van der Waals surface area (Å²) in [5, 5.41) is 14.1. The van der Waals surface area contributed by atoms with Crippen molar-refractivity contribution in [1.29, 1.82) is 0 Å². The van der Waals surface area contributed by atoms with Gasteiger partial charge in [-0.15, -0.1) is 0 Å². The van der Waals surface area contributed by atoms with Crippen LogP contribution >= 0.6 is 11.8 Å². The minimum Gasteiger partial charge on any atom is -0.369 e. The molecule has 0 radical (unpaired) electrons. The highest BCUT2D eigenvalue weighted by atomic mass is 32.2. The molecule has 0 bridgehead atoms. The maximum atomic E-state index is 13.2. The van der Waals surface area contributed by atoms with E-state index in [4.69, 9.17) is 0 Å². The van der Waals surface area contributed by atoms with E-state index in [-0.39, 0.29) is 0 Å². The van der Waals surface area contributed by atoms with Crippen molar-refractivity contribution in [3.63, 3.8) is 0 Å². The van der Waals surface area contributed by atoms with Gasteiger partial charge in [0.25, 0.3) is 0 Å². The van der Waals surface area contributed by atoms with Crippen molar-refractivity contribution in [3.8, 4) is 11.2 Å². The lowest BCUT2D eigenvalue weighted by Crippen LogP contribution is -2.25. The molecule has 0 saturated carbocycles. The smallest absolute Gasteiger partial charge is 0.177 e. The van der Waals surface area contributed by atoms with Gasteiger partial charge in [0, 0.05) is 16.0 Å². The molecule has 0 unspecified atom stereocenters.